The van der Waals surface area contributed by atoms with Crippen LogP contribution >= 0.6 is 0 Å². The Morgan fingerprint density at radius 3 is 2.33 bits per heavy atom. The lowest BCUT2D eigenvalue weighted by Gasteiger charge is -2.12. The van der Waals surface area contributed by atoms with E-state index in [4.69, 9.17) is 0 Å². The minimum absolute atomic E-state index is 0.261. The molecule has 0 aliphatic rings. The molecule has 0 unspecified atom stereocenters. The standard InChI is InChI=1S/C19H17NO/c1-14-10-11-16(15-6-3-2-4-7-15)12-19(14)20-17-8-5-9-18(21)13-17/h2-13,20-21H,1H3. The highest BCUT2D eigenvalue weighted by Crippen LogP contribution is 2.28. The normalized spacial score (nSPS) is 10.3. The molecule has 3 aromatic carbocycles. The molecule has 0 fully saturated rings. The van der Waals surface area contributed by atoms with Gasteiger partial charge in [0.05, 0.1) is 0 Å². The van der Waals surface area contributed by atoms with Crippen molar-refractivity contribution >= 4 is 11.4 Å². The van der Waals surface area contributed by atoms with Crippen LogP contribution in [-0.2, 0) is 0 Å². The quantitative estimate of drug-likeness (QED) is 0.696. The van der Waals surface area contributed by atoms with Crippen LogP contribution in [0, 0.1) is 6.92 Å². The van der Waals surface area contributed by atoms with Crippen molar-refractivity contribution in [3.8, 4) is 16.9 Å². The zero-order valence-electron chi connectivity index (χ0n) is 11.9. The predicted octanol–water partition coefficient (Wildman–Crippen LogP) is 5.11. The molecule has 104 valence electrons. The van der Waals surface area contributed by atoms with Gasteiger partial charge in [0.15, 0.2) is 0 Å². The highest BCUT2D eigenvalue weighted by atomic mass is 16.3. The third kappa shape index (κ3) is 3.06. The number of hydrogen-bond donors (Lipinski definition) is 2. The van der Waals surface area contributed by atoms with Gasteiger partial charge in [-0.1, -0.05) is 48.5 Å². The van der Waals surface area contributed by atoms with E-state index in [1.54, 1.807) is 12.1 Å². The highest BCUT2D eigenvalue weighted by molar-refractivity contribution is 5.73. The molecule has 0 spiro atoms. The third-order valence-electron chi connectivity index (χ3n) is 3.47. The van der Waals surface area contributed by atoms with Gasteiger partial charge in [-0.3, -0.25) is 0 Å². The molecule has 0 amide bonds. The average Bonchev–Trinajstić information content (AvgIpc) is 2.50. The van der Waals surface area contributed by atoms with E-state index in [2.05, 4.69) is 42.6 Å². The van der Waals surface area contributed by atoms with Gasteiger partial charge < -0.3 is 10.4 Å². The summed E-state index contributed by atoms with van der Waals surface area (Å²) in [5, 5.41) is 12.9. The van der Waals surface area contributed by atoms with E-state index in [1.165, 1.54) is 11.1 Å². The summed E-state index contributed by atoms with van der Waals surface area (Å²) >= 11 is 0. The molecule has 3 aromatic rings. The SMILES string of the molecule is Cc1ccc(-c2ccccc2)cc1Nc1cccc(O)c1. The van der Waals surface area contributed by atoms with Crippen molar-refractivity contribution in [2.75, 3.05) is 5.32 Å². The molecule has 0 heterocycles. The van der Waals surface area contributed by atoms with Crippen LogP contribution in [-0.4, -0.2) is 5.11 Å². The number of hydrogen-bond acceptors (Lipinski definition) is 2. The fourth-order valence-electron chi connectivity index (χ4n) is 2.31. The second-order valence-electron chi connectivity index (χ2n) is 5.07. The Kier molecular flexibility index (Phi) is 3.61. The molecule has 0 aliphatic heterocycles. The molecule has 21 heavy (non-hydrogen) atoms. The number of aryl methyl sites for hydroxylation is 1. The van der Waals surface area contributed by atoms with Crippen molar-refractivity contribution < 1.29 is 5.11 Å². The second kappa shape index (κ2) is 5.71. The van der Waals surface area contributed by atoms with E-state index < -0.39 is 0 Å². The van der Waals surface area contributed by atoms with Crippen molar-refractivity contribution in [1.29, 1.82) is 0 Å². The summed E-state index contributed by atoms with van der Waals surface area (Å²) in [4.78, 5) is 0. The first-order valence-electron chi connectivity index (χ1n) is 6.94. The molecule has 0 aliphatic carbocycles. The van der Waals surface area contributed by atoms with E-state index in [1.807, 2.05) is 30.3 Å². The summed E-state index contributed by atoms with van der Waals surface area (Å²) < 4.78 is 0. The maximum Gasteiger partial charge on any atom is 0.117 e. The lowest BCUT2D eigenvalue weighted by Crippen LogP contribution is -1.93. The number of benzene rings is 3. The van der Waals surface area contributed by atoms with Gasteiger partial charge in [-0.25, -0.2) is 0 Å². The summed E-state index contributed by atoms with van der Waals surface area (Å²) in [5.41, 5.74) is 5.45. The zero-order valence-corrected chi connectivity index (χ0v) is 11.9. The lowest BCUT2D eigenvalue weighted by molar-refractivity contribution is 0.475. The van der Waals surface area contributed by atoms with Gasteiger partial charge in [0.25, 0.3) is 0 Å². The summed E-state index contributed by atoms with van der Waals surface area (Å²) in [6, 6.07) is 23.8. The summed E-state index contributed by atoms with van der Waals surface area (Å²) in [6.45, 7) is 2.07. The molecule has 0 bridgehead atoms. The van der Waals surface area contributed by atoms with Crippen molar-refractivity contribution in [2.24, 2.45) is 0 Å². The number of phenols is 1. The first kappa shape index (κ1) is 13.3. The molecule has 2 N–H and O–H groups in total. The molecule has 0 saturated carbocycles. The Labute approximate surface area is 124 Å². The largest absolute Gasteiger partial charge is 0.508 e. The number of phenolic OH excluding ortho intramolecular Hbond substituents is 1. The van der Waals surface area contributed by atoms with Gasteiger partial charge in [0, 0.05) is 17.4 Å². The Hall–Kier alpha value is -2.74. The summed E-state index contributed by atoms with van der Waals surface area (Å²) in [7, 11) is 0. The van der Waals surface area contributed by atoms with Gasteiger partial charge in [-0.2, -0.15) is 0 Å². The molecule has 0 aromatic heterocycles. The van der Waals surface area contributed by atoms with Crippen molar-refractivity contribution in [1.82, 2.24) is 0 Å². The Balaban J connectivity index is 1.95. The third-order valence-corrected chi connectivity index (χ3v) is 3.47. The van der Waals surface area contributed by atoms with Crippen molar-refractivity contribution in [2.45, 2.75) is 6.92 Å². The second-order valence-corrected chi connectivity index (χ2v) is 5.07. The highest BCUT2D eigenvalue weighted by Gasteiger charge is 2.03. The van der Waals surface area contributed by atoms with Crippen LogP contribution in [0.15, 0.2) is 72.8 Å². The number of nitrogens with one attached hydrogen (secondary N) is 1. The Bertz CT molecular complexity index is 751. The van der Waals surface area contributed by atoms with Gasteiger partial charge >= 0.3 is 0 Å². The maximum atomic E-state index is 9.55. The maximum absolute atomic E-state index is 9.55. The van der Waals surface area contributed by atoms with Crippen LogP contribution in [0.25, 0.3) is 11.1 Å². The molecule has 0 radical (unpaired) electrons. The van der Waals surface area contributed by atoms with Crippen LogP contribution in [0.5, 0.6) is 5.75 Å². The Morgan fingerprint density at radius 2 is 1.57 bits per heavy atom. The first-order chi connectivity index (χ1) is 10.2. The monoisotopic (exact) mass is 275 g/mol. The average molecular weight is 275 g/mol. The van der Waals surface area contributed by atoms with Crippen molar-refractivity contribution in [3.63, 3.8) is 0 Å². The fourth-order valence-corrected chi connectivity index (χ4v) is 2.31. The van der Waals surface area contributed by atoms with Crippen LogP contribution in [0.1, 0.15) is 5.56 Å². The minimum Gasteiger partial charge on any atom is -0.508 e. The minimum atomic E-state index is 0.261. The molecule has 0 atom stereocenters. The zero-order chi connectivity index (χ0) is 14.7. The number of aromatic hydroxyl groups is 1. The molecule has 0 saturated heterocycles. The van der Waals surface area contributed by atoms with Gasteiger partial charge in [0.1, 0.15) is 5.75 Å². The molecule has 2 nitrogen and oxygen atoms in total. The van der Waals surface area contributed by atoms with E-state index in [0.717, 1.165) is 16.9 Å². The van der Waals surface area contributed by atoms with E-state index >= 15 is 0 Å². The van der Waals surface area contributed by atoms with Crippen LogP contribution < -0.4 is 5.32 Å². The van der Waals surface area contributed by atoms with Crippen LogP contribution in [0.4, 0.5) is 11.4 Å². The fraction of sp³-hybridized carbons (Fsp3) is 0.0526. The number of anilines is 2. The van der Waals surface area contributed by atoms with Crippen LogP contribution in [0.2, 0.25) is 0 Å². The van der Waals surface area contributed by atoms with Crippen molar-refractivity contribution in [3.05, 3.63) is 78.4 Å². The topological polar surface area (TPSA) is 32.3 Å². The van der Waals surface area contributed by atoms with Crippen LogP contribution in [0.3, 0.4) is 0 Å². The molecule has 3 rings (SSSR count). The van der Waals surface area contributed by atoms with Gasteiger partial charge in [0.2, 0.25) is 0 Å². The molecular weight excluding hydrogens is 258 g/mol. The molecular formula is C19H17NO. The van der Waals surface area contributed by atoms with E-state index in [0.29, 0.717) is 0 Å². The molecule has 2 heteroatoms. The first-order valence-corrected chi connectivity index (χ1v) is 6.94. The van der Waals surface area contributed by atoms with Gasteiger partial charge in [-0.15, -0.1) is 0 Å². The smallest absolute Gasteiger partial charge is 0.117 e. The van der Waals surface area contributed by atoms with E-state index in [-0.39, 0.29) is 5.75 Å². The Morgan fingerprint density at radius 1 is 0.762 bits per heavy atom. The van der Waals surface area contributed by atoms with Gasteiger partial charge in [-0.05, 0) is 41.8 Å². The lowest BCUT2D eigenvalue weighted by atomic mass is 10.0. The summed E-state index contributed by atoms with van der Waals surface area (Å²) in [5.74, 6) is 0.261. The number of rotatable bonds is 3. The van der Waals surface area contributed by atoms with E-state index in [9.17, 15) is 5.11 Å². The predicted molar refractivity (Wildman–Crippen MR) is 88.0 cm³/mol. The summed E-state index contributed by atoms with van der Waals surface area (Å²) in [6.07, 6.45) is 0.